The molecule has 0 saturated carbocycles. The molecule has 1 aromatic carbocycles. The standard InChI is InChI=1S/C14H11N5O/c1-18-9-16-13-12(14(18)20)8-17-19(13)6-5-10-3-2-4-11(15)7-10/h2-4,7-9H,15H2,1H3. The van der Waals surface area contributed by atoms with E-state index in [0.717, 1.165) is 5.56 Å². The average molecular weight is 265 g/mol. The number of nitrogens with two attached hydrogens (primary N) is 1. The summed E-state index contributed by atoms with van der Waals surface area (Å²) in [6, 6.07) is 10.1. The second kappa shape index (κ2) is 4.55. The van der Waals surface area contributed by atoms with Gasteiger partial charge in [-0.25, -0.2) is 4.98 Å². The summed E-state index contributed by atoms with van der Waals surface area (Å²) in [5.74, 6) is 2.94. The van der Waals surface area contributed by atoms with Gasteiger partial charge in [-0.05, 0) is 24.1 Å². The third-order valence-corrected chi connectivity index (χ3v) is 2.84. The lowest BCUT2D eigenvalue weighted by Crippen LogP contribution is -2.16. The van der Waals surface area contributed by atoms with Gasteiger partial charge in [0.1, 0.15) is 5.39 Å². The molecule has 6 nitrogen and oxygen atoms in total. The lowest BCUT2D eigenvalue weighted by molar-refractivity contribution is 0.835. The molecule has 0 atom stereocenters. The Hall–Kier alpha value is -3.07. The van der Waals surface area contributed by atoms with E-state index in [-0.39, 0.29) is 5.56 Å². The summed E-state index contributed by atoms with van der Waals surface area (Å²) in [6.07, 6.45) is 2.92. The highest BCUT2D eigenvalue weighted by Crippen LogP contribution is 2.06. The second-order valence-corrected chi connectivity index (χ2v) is 4.32. The fourth-order valence-electron chi connectivity index (χ4n) is 1.82. The number of nitrogens with zero attached hydrogens (tertiary/aromatic N) is 4. The fraction of sp³-hybridized carbons (Fsp3) is 0.0714. The van der Waals surface area contributed by atoms with Gasteiger partial charge in [0, 0.05) is 24.3 Å². The molecule has 2 aromatic heterocycles. The van der Waals surface area contributed by atoms with E-state index in [9.17, 15) is 4.79 Å². The number of rotatable bonds is 0. The quantitative estimate of drug-likeness (QED) is 0.476. The largest absolute Gasteiger partial charge is 0.399 e. The topological polar surface area (TPSA) is 78.7 Å². The highest BCUT2D eigenvalue weighted by atomic mass is 16.1. The van der Waals surface area contributed by atoms with E-state index >= 15 is 0 Å². The maximum absolute atomic E-state index is 11.9. The van der Waals surface area contributed by atoms with E-state index < -0.39 is 0 Å². The molecular formula is C14H11N5O. The molecule has 0 fully saturated rings. The SMILES string of the molecule is Cn1cnc2c(cnn2C#Cc2cccc(N)c2)c1=O. The van der Waals surface area contributed by atoms with Crippen molar-refractivity contribution in [3.05, 3.63) is 52.7 Å². The fourth-order valence-corrected chi connectivity index (χ4v) is 1.82. The maximum atomic E-state index is 11.9. The summed E-state index contributed by atoms with van der Waals surface area (Å²) in [7, 11) is 1.64. The molecule has 20 heavy (non-hydrogen) atoms. The van der Waals surface area contributed by atoms with Crippen LogP contribution in [0.3, 0.4) is 0 Å². The molecule has 3 aromatic rings. The van der Waals surface area contributed by atoms with Crippen LogP contribution in [0.15, 0.2) is 41.6 Å². The van der Waals surface area contributed by atoms with E-state index in [0.29, 0.717) is 16.7 Å². The number of aryl methyl sites for hydroxylation is 1. The van der Waals surface area contributed by atoms with Crippen molar-refractivity contribution in [3.8, 4) is 12.0 Å². The molecular weight excluding hydrogens is 254 g/mol. The van der Waals surface area contributed by atoms with Gasteiger partial charge >= 0.3 is 0 Å². The summed E-state index contributed by atoms with van der Waals surface area (Å²) in [5.41, 5.74) is 7.41. The molecule has 98 valence electrons. The van der Waals surface area contributed by atoms with Crippen molar-refractivity contribution in [3.63, 3.8) is 0 Å². The van der Waals surface area contributed by atoms with Crippen LogP contribution in [-0.4, -0.2) is 19.3 Å². The first kappa shape index (κ1) is 12.0. The molecule has 0 saturated heterocycles. The third kappa shape index (κ3) is 2.01. The monoisotopic (exact) mass is 265 g/mol. The van der Waals surface area contributed by atoms with Crippen LogP contribution in [0.1, 0.15) is 5.56 Å². The normalized spacial score (nSPS) is 10.2. The number of hydrogen-bond acceptors (Lipinski definition) is 4. The van der Waals surface area contributed by atoms with Crippen LogP contribution in [0, 0.1) is 12.0 Å². The summed E-state index contributed by atoms with van der Waals surface area (Å²) in [5, 5.41) is 4.51. The van der Waals surface area contributed by atoms with Crippen LogP contribution < -0.4 is 11.3 Å². The Labute approximate surface area is 114 Å². The van der Waals surface area contributed by atoms with E-state index in [4.69, 9.17) is 5.73 Å². The van der Waals surface area contributed by atoms with Crippen LogP contribution in [0.2, 0.25) is 0 Å². The molecule has 2 N–H and O–H groups in total. The number of aromatic nitrogens is 4. The molecule has 0 aliphatic carbocycles. The molecule has 0 radical (unpaired) electrons. The first-order chi connectivity index (χ1) is 9.65. The smallest absolute Gasteiger partial charge is 0.264 e. The van der Waals surface area contributed by atoms with Gasteiger partial charge in [-0.1, -0.05) is 6.07 Å². The molecule has 0 bridgehead atoms. The molecule has 0 aliphatic heterocycles. The van der Waals surface area contributed by atoms with Crippen molar-refractivity contribution in [2.24, 2.45) is 7.05 Å². The Morgan fingerprint density at radius 3 is 3.00 bits per heavy atom. The zero-order chi connectivity index (χ0) is 14.1. The zero-order valence-electron chi connectivity index (χ0n) is 10.7. The average Bonchev–Trinajstić information content (AvgIpc) is 2.84. The van der Waals surface area contributed by atoms with Gasteiger partial charge < -0.3 is 10.3 Å². The Morgan fingerprint density at radius 1 is 1.35 bits per heavy atom. The molecule has 6 heteroatoms. The van der Waals surface area contributed by atoms with Gasteiger partial charge in [0.05, 0.1) is 12.5 Å². The minimum atomic E-state index is -0.146. The van der Waals surface area contributed by atoms with Crippen LogP contribution in [0.5, 0.6) is 0 Å². The third-order valence-electron chi connectivity index (χ3n) is 2.84. The van der Waals surface area contributed by atoms with Crippen molar-refractivity contribution in [1.82, 2.24) is 19.3 Å². The Morgan fingerprint density at radius 2 is 2.20 bits per heavy atom. The van der Waals surface area contributed by atoms with Gasteiger partial charge in [0.2, 0.25) is 0 Å². The Kier molecular flexibility index (Phi) is 2.73. The number of anilines is 1. The zero-order valence-corrected chi connectivity index (χ0v) is 10.7. The van der Waals surface area contributed by atoms with Gasteiger partial charge in [0.25, 0.3) is 5.56 Å². The van der Waals surface area contributed by atoms with Crippen molar-refractivity contribution in [2.75, 3.05) is 5.73 Å². The highest BCUT2D eigenvalue weighted by molar-refractivity contribution is 5.73. The van der Waals surface area contributed by atoms with Gasteiger partial charge in [-0.15, -0.1) is 0 Å². The summed E-state index contributed by atoms with van der Waals surface area (Å²) >= 11 is 0. The van der Waals surface area contributed by atoms with Gasteiger partial charge in [-0.2, -0.15) is 9.78 Å². The van der Waals surface area contributed by atoms with Crippen molar-refractivity contribution < 1.29 is 0 Å². The van der Waals surface area contributed by atoms with Crippen LogP contribution >= 0.6 is 0 Å². The summed E-state index contributed by atoms with van der Waals surface area (Å²) in [4.78, 5) is 16.0. The van der Waals surface area contributed by atoms with Crippen molar-refractivity contribution >= 4 is 16.7 Å². The lowest BCUT2D eigenvalue weighted by Gasteiger charge is -1.96. The van der Waals surface area contributed by atoms with E-state index in [2.05, 4.69) is 22.0 Å². The predicted octanol–water partition coefficient (Wildman–Crippen LogP) is 0.569. The number of benzene rings is 1. The molecule has 0 aliphatic rings. The first-order valence-electron chi connectivity index (χ1n) is 5.92. The van der Waals surface area contributed by atoms with Crippen LogP contribution in [-0.2, 0) is 7.05 Å². The lowest BCUT2D eigenvalue weighted by atomic mass is 10.2. The van der Waals surface area contributed by atoms with Gasteiger partial charge in [-0.3, -0.25) is 4.79 Å². The number of fused-ring (bicyclic) bond motifs is 1. The summed E-state index contributed by atoms with van der Waals surface area (Å²) < 4.78 is 2.79. The van der Waals surface area contributed by atoms with Crippen LogP contribution in [0.4, 0.5) is 5.69 Å². The van der Waals surface area contributed by atoms with E-state index in [1.807, 2.05) is 12.1 Å². The predicted molar refractivity (Wildman–Crippen MR) is 75.9 cm³/mol. The van der Waals surface area contributed by atoms with E-state index in [1.54, 1.807) is 19.2 Å². The molecule has 0 amide bonds. The Bertz CT molecular complexity index is 910. The molecule has 2 heterocycles. The van der Waals surface area contributed by atoms with Crippen molar-refractivity contribution in [2.45, 2.75) is 0 Å². The number of hydrogen-bond donors (Lipinski definition) is 1. The maximum Gasteiger partial charge on any atom is 0.264 e. The minimum Gasteiger partial charge on any atom is -0.399 e. The summed E-state index contributed by atoms with van der Waals surface area (Å²) in [6.45, 7) is 0. The first-order valence-corrected chi connectivity index (χ1v) is 5.92. The minimum absolute atomic E-state index is 0.146. The van der Waals surface area contributed by atoms with Crippen molar-refractivity contribution in [1.29, 1.82) is 0 Å². The van der Waals surface area contributed by atoms with Gasteiger partial charge in [0.15, 0.2) is 5.65 Å². The van der Waals surface area contributed by atoms with Crippen LogP contribution in [0.25, 0.3) is 11.0 Å². The molecule has 0 spiro atoms. The Balaban J connectivity index is 2.09. The number of nitrogen functional groups attached to an aromatic ring is 1. The second-order valence-electron chi connectivity index (χ2n) is 4.32. The van der Waals surface area contributed by atoms with E-state index in [1.165, 1.54) is 21.8 Å². The highest BCUT2D eigenvalue weighted by Gasteiger charge is 2.06. The molecule has 0 unspecified atom stereocenters. The molecule has 3 rings (SSSR count).